The third-order valence-corrected chi connectivity index (χ3v) is 1.82. The zero-order valence-electron chi connectivity index (χ0n) is 9.67. The normalized spacial score (nSPS) is 12.5. The van der Waals surface area contributed by atoms with Crippen LogP contribution in [0.2, 0.25) is 0 Å². The molecule has 5 heteroatoms. The number of carbonyl (C=O) groups excluding carboxylic acids is 2. The average molecular weight is 215 g/mol. The number of primary amides is 1. The summed E-state index contributed by atoms with van der Waals surface area (Å²) in [6, 6.07) is -0.485. The average Bonchev–Trinajstić information content (AvgIpc) is 2.10. The molecule has 0 aliphatic rings. The Hall–Kier alpha value is -1.10. The molecular formula is C10H21N3O2. The summed E-state index contributed by atoms with van der Waals surface area (Å²) >= 11 is 0. The van der Waals surface area contributed by atoms with Gasteiger partial charge in [-0.25, -0.2) is 0 Å². The highest BCUT2D eigenvalue weighted by atomic mass is 16.2. The van der Waals surface area contributed by atoms with Crippen LogP contribution in [0.4, 0.5) is 0 Å². The molecule has 15 heavy (non-hydrogen) atoms. The molecule has 0 bridgehead atoms. The molecule has 0 aromatic carbocycles. The molecule has 0 spiro atoms. The van der Waals surface area contributed by atoms with Crippen molar-refractivity contribution in [2.45, 2.75) is 45.7 Å². The van der Waals surface area contributed by atoms with Crippen molar-refractivity contribution in [3.8, 4) is 0 Å². The Morgan fingerprint density at radius 1 is 1.33 bits per heavy atom. The standard InChI is InChI=1S/C10H21N3O2/c1-4-5-12-8(10(11)15)6-9(14)13-7(2)3/h7-8,12H,4-6H2,1-3H3,(H2,11,15)(H,13,14). The van der Waals surface area contributed by atoms with Crippen LogP contribution in [0.1, 0.15) is 33.6 Å². The van der Waals surface area contributed by atoms with Crippen LogP contribution in [0.25, 0.3) is 0 Å². The predicted molar refractivity (Wildman–Crippen MR) is 59.2 cm³/mol. The lowest BCUT2D eigenvalue weighted by Crippen LogP contribution is -2.45. The monoisotopic (exact) mass is 215 g/mol. The third kappa shape index (κ3) is 6.90. The minimum Gasteiger partial charge on any atom is -0.368 e. The maximum absolute atomic E-state index is 11.4. The van der Waals surface area contributed by atoms with Crippen molar-refractivity contribution in [1.82, 2.24) is 10.6 Å². The molecule has 0 aromatic rings. The first-order valence-corrected chi connectivity index (χ1v) is 5.29. The largest absolute Gasteiger partial charge is 0.368 e. The maximum Gasteiger partial charge on any atom is 0.235 e. The summed E-state index contributed by atoms with van der Waals surface area (Å²) in [6.45, 7) is 6.41. The second kappa shape index (κ2) is 7.23. The minimum absolute atomic E-state index is 0.0807. The van der Waals surface area contributed by atoms with Crippen LogP contribution < -0.4 is 16.4 Å². The summed E-state index contributed by atoms with van der Waals surface area (Å²) in [6.07, 6.45) is 1.00. The molecule has 0 heterocycles. The van der Waals surface area contributed by atoms with Gasteiger partial charge in [-0.1, -0.05) is 6.92 Å². The van der Waals surface area contributed by atoms with E-state index in [9.17, 15) is 9.59 Å². The van der Waals surface area contributed by atoms with Crippen LogP contribution in [0.5, 0.6) is 0 Å². The van der Waals surface area contributed by atoms with E-state index in [4.69, 9.17) is 5.73 Å². The number of hydrogen-bond acceptors (Lipinski definition) is 3. The van der Waals surface area contributed by atoms with E-state index >= 15 is 0 Å². The lowest BCUT2D eigenvalue weighted by molar-refractivity contribution is -0.127. The lowest BCUT2D eigenvalue weighted by atomic mass is 10.1. The number of carbonyl (C=O) groups is 2. The van der Waals surface area contributed by atoms with Crippen LogP contribution in [0.15, 0.2) is 0 Å². The third-order valence-electron chi connectivity index (χ3n) is 1.82. The molecular weight excluding hydrogens is 194 g/mol. The molecule has 2 amide bonds. The molecule has 0 aromatic heterocycles. The first-order valence-electron chi connectivity index (χ1n) is 5.29. The molecule has 4 N–H and O–H groups in total. The van der Waals surface area contributed by atoms with Gasteiger partial charge in [-0.3, -0.25) is 9.59 Å². The van der Waals surface area contributed by atoms with Crippen LogP contribution in [0.3, 0.4) is 0 Å². The number of amides is 2. The Labute approximate surface area is 90.8 Å². The predicted octanol–water partition coefficient (Wildman–Crippen LogP) is -0.245. The molecule has 1 unspecified atom stereocenters. The smallest absolute Gasteiger partial charge is 0.235 e. The van der Waals surface area contributed by atoms with E-state index in [0.717, 1.165) is 6.42 Å². The van der Waals surface area contributed by atoms with Crippen molar-refractivity contribution in [1.29, 1.82) is 0 Å². The van der Waals surface area contributed by atoms with Crippen molar-refractivity contribution in [3.05, 3.63) is 0 Å². The number of rotatable bonds is 7. The molecule has 0 fully saturated rings. The van der Waals surface area contributed by atoms with Crippen LogP contribution in [-0.4, -0.2) is 30.4 Å². The fraction of sp³-hybridized carbons (Fsp3) is 0.800. The van der Waals surface area contributed by atoms with Gasteiger partial charge in [0.2, 0.25) is 11.8 Å². The Bertz CT molecular complexity index is 217. The fourth-order valence-corrected chi connectivity index (χ4v) is 1.16. The summed E-state index contributed by atoms with van der Waals surface area (Å²) in [7, 11) is 0. The van der Waals surface area contributed by atoms with Crippen LogP contribution in [0, 0.1) is 0 Å². The lowest BCUT2D eigenvalue weighted by Gasteiger charge is -2.15. The van der Waals surface area contributed by atoms with E-state index < -0.39 is 11.9 Å². The van der Waals surface area contributed by atoms with Crippen molar-refractivity contribution in [3.63, 3.8) is 0 Å². The molecule has 0 aliphatic carbocycles. The molecule has 0 aliphatic heterocycles. The molecule has 5 nitrogen and oxygen atoms in total. The quantitative estimate of drug-likeness (QED) is 0.548. The Morgan fingerprint density at radius 3 is 2.33 bits per heavy atom. The van der Waals surface area contributed by atoms with Gasteiger partial charge < -0.3 is 16.4 Å². The molecule has 0 radical (unpaired) electrons. The zero-order chi connectivity index (χ0) is 11.8. The summed E-state index contributed by atoms with van der Waals surface area (Å²) in [4.78, 5) is 22.4. The maximum atomic E-state index is 11.4. The van der Waals surface area contributed by atoms with Crippen LogP contribution in [-0.2, 0) is 9.59 Å². The molecule has 0 rings (SSSR count). The summed E-state index contributed by atoms with van der Waals surface area (Å²) < 4.78 is 0. The molecule has 1 atom stereocenters. The molecule has 0 saturated heterocycles. The summed E-state index contributed by atoms with van der Waals surface area (Å²) in [5, 5.41) is 5.66. The van der Waals surface area contributed by atoms with Gasteiger partial charge in [0.15, 0.2) is 0 Å². The molecule has 0 saturated carbocycles. The van der Waals surface area contributed by atoms with Gasteiger partial charge >= 0.3 is 0 Å². The minimum atomic E-state index is -0.566. The highest BCUT2D eigenvalue weighted by Crippen LogP contribution is 1.93. The van der Waals surface area contributed by atoms with E-state index in [-0.39, 0.29) is 18.4 Å². The highest BCUT2D eigenvalue weighted by Gasteiger charge is 2.18. The van der Waals surface area contributed by atoms with Gasteiger partial charge in [0.1, 0.15) is 0 Å². The van der Waals surface area contributed by atoms with Gasteiger partial charge in [-0.05, 0) is 26.8 Å². The van der Waals surface area contributed by atoms with Gasteiger partial charge in [-0.15, -0.1) is 0 Å². The van der Waals surface area contributed by atoms with E-state index in [1.807, 2.05) is 20.8 Å². The van der Waals surface area contributed by atoms with Crippen LogP contribution >= 0.6 is 0 Å². The van der Waals surface area contributed by atoms with E-state index in [2.05, 4.69) is 10.6 Å². The molecule has 88 valence electrons. The summed E-state index contributed by atoms with van der Waals surface area (Å²) in [5.41, 5.74) is 5.18. The Morgan fingerprint density at radius 2 is 1.93 bits per heavy atom. The SMILES string of the molecule is CCCNC(CC(=O)NC(C)C)C(N)=O. The van der Waals surface area contributed by atoms with Crippen molar-refractivity contribution >= 4 is 11.8 Å². The van der Waals surface area contributed by atoms with Gasteiger partial charge in [0.05, 0.1) is 12.5 Å². The van der Waals surface area contributed by atoms with Crippen molar-refractivity contribution in [2.24, 2.45) is 5.73 Å². The van der Waals surface area contributed by atoms with Gasteiger partial charge in [-0.2, -0.15) is 0 Å². The van der Waals surface area contributed by atoms with Gasteiger partial charge in [0.25, 0.3) is 0 Å². The second-order valence-corrected chi connectivity index (χ2v) is 3.84. The first kappa shape index (κ1) is 13.9. The first-order chi connectivity index (χ1) is 6.97. The number of nitrogens with two attached hydrogens (primary N) is 1. The van der Waals surface area contributed by atoms with E-state index in [1.54, 1.807) is 0 Å². The topological polar surface area (TPSA) is 84.2 Å². The van der Waals surface area contributed by atoms with Crippen molar-refractivity contribution in [2.75, 3.05) is 6.54 Å². The van der Waals surface area contributed by atoms with Crippen molar-refractivity contribution < 1.29 is 9.59 Å². The fourth-order valence-electron chi connectivity index (χ4n) is 1.16. The zero-order valence-corrected chi connectivity index (χ0v) is 9.67. The van der Waals surface area contributed by atoms with E-state index in [0.29, 0.717) is 6.54 Å². The van der Waals surface area contributed by atoms with E-state index in [1.165, 1.54) is 0 Å². The second-order valence-electron chi connectivity index (χ2n) is 3.84. The highest BCUT2D eigenvalue weighted by molar-refractivity contribution is 5.87. The number of hydrogen-bond donors (Lipinski definition) is 3. The summed E-state index contributed by atoms with van der Waals surface area (Å²) in [5.74, 6) is -0.639. The Balaban J connectivity index is 4.04. The Kier molecular flexibility index (Phi) is 6.70. The number of nitrogens with one attached hydrogen (secondary N) is 2. The van der Waals surface area contributed by atoms with Gasteiger partial charge in [0, 0.05) is 6.04 Å².